The number of nitrogens with two attached hydrogens (primary N) is 1. The van der Waals surface area contributed by atoms with Gasteiger partial charge in [-0.15, -0.1) is 0 Å². The van der Waals surface area contributed by atoms with E-state index in [1.165, 1.54) is 0 Å². The molecule has 1 aromatic carbocycles. The van der Waals surface area contributed by atoms with E-state index in [4.69, 9.17) is 5.73 Å². The van der Waals surface area contributed by atoms with Crippen molar-refractivity contribution in [3.63, 3.8) is 0 Å². The number of anilines is 1. The van der Waals surface area contributed by atoms with Crippen molar-refractivity contribution in [2.24, 2.45) is 5.41 Å². The summed E-state index contributed by atoms with van der Waals surface area (Å²) in [7, 11) is 0. The smallest absolute Gasteiger partial charge is 0.165 e. The molecule has 0 fully saturated rings. The largest absolute Gasteiger partial charge is 0.383 e. The van der Waals surface area contributed by atoms with E-state index in [0.717, 1.165) is 52.5 Å². The highest BCUT2D eigenvalue weighted by Crippen LogP contribution is 2.38. The number of unbranched alkanes of at least 4 members (excludes halogenated alkanes) is 1. The summed E-state index contributed by atoms with van der Waals surface area (Å²) in [5.74, 6) is 0.723. The molecule has 3 aromatic rings. The second kappa shape index (κ2) is 7.38. The monoisotopic (exact) mass is 403 g/mol. The average Bonchev–Trinajstić information content (AvgIpc) is 3.01. The molecule has 0 aliphatic heterocycles. The molecule has 2 aromatic heterocycles. The van der Waals surface area contributed by atoms with Gasteiger partial charge in [0, 0.05) is 53.1 Å². The van der Waals surface area contributed by atoms with Crippen LogP contribution in [-0.4, -0.2) is 21.1 Å². The van der Waals surface area contributed by atoms with E-state index < -0.39 is 0 Å². The summed E-state index contributed by atoms with van der Waals surface area (Å²) in [5.41, 5.74) is 10.5. The fourth-order valence-electron chi connectivity index (χ4n) is 4.60. The Balaban J connectivity index is 1.89. The maximum Gasteiger partial charge on any atom is 0.165 e. The molecule has 0 spiro atoms. The van der Waals surface area contributed by atoms with Gasteiger partial charge in [0.15, 0.2) is 11.6 Å². The Morgan fingerprint density at radius 2 is 2.00 bits per heavy atom. The Hall–Kier alpha value is -2.95. The molecule has 0 unspecified atom stereocenters. The van der Waals surface area contributed by atoms with Crippen molar-refractivity contribution in [1.82, 2.24) is 9.55 Å². The Morgan fingerprint density at radius 3 is 2.73 bits per heavy atom. The highest BCUT2D eigenvalue weighted by Gasteiger charge is 2.34. The molecule has 0 radical (unpaired) electrons. The molecule has 1 aliphatic rings. The molecular weight excluding hydrogens is 374 g/mol. The summed E-state index contributed by atoms with van der Waals surface area (Å²) < 4.78 is 2.11. The topological polar surface area (TPSA) is 78.0 Å². The molecule has 0 atom stereocenters. The summed E-state index contributed by atoms with van der Waals surface area (Å²) in [5, 5.41) is 1.61. The predicted molar refractivity (Wildman–Crippen MR) is 121 cm³/mol. The number of Topliss-reactive ketones (excluding diaryl/α,β-unsaturated/α-hetero) is 2. The number of carbonyl (C=O) groups is 2. The standard InChI is InChI=1S/C25H29N3O2/c1-5-6-7-21(29)19-13-27-24(26)17-9-8-16(10-18(17)19)28-14-15(2)23-20(28)11-25(3,4)12-22(23)30/h8-10,13-14H,5-7,11-12H2,1-4H3,(H2,26,27). The number of aryl methyl sites for hydroxylation is 1. The minimum Gasteiger partial charge on any atom is -0.383 e. The van der Waals surface area contributed by atoms with Crippen LogP contribution in [0.25, 0.3) is 16.5 Å². The molecular formula is C25H29N3O2. The number of hydrogen-bond acceptors (Lipinski definition) is 4. The minimum atomic E-state index is -0.0703. The van der Waals surface area contributed by atoms with Gasteiger partial charge < -0.3 is 10.3 Å². The average molecular weight is 404 g/mol. The molecule has 0 amide bonds. The third-order valence-corrected chi connectivity index (χ3v) is 6.10. The normalized spacial score (nSPS) is 15.4. The lowest BCUT2D eigenvalue weighted by Crippen LogP contribution is -2.28. The van der Waals surface area contributed by atoms with Gasteiger partial charge in [-0.25, -0.2) is 4.98 Å². The van der Waals surface area contributed by atoms with E-state index in [9.17, 15) is 9.59 Å². The first-order chi connectivity index (χ1) is 14.2. The molecule has 5 heteroatoms. The fourth-order valence-corrected chi connectivity index (χ4v) is 4.60. The van der Waals surface area contributed by atoms with Crippen LogP contribution in [0.5, 0.6) is 0 Å². The number of rotatable bonds is 5. The van der Waals surface area contributed by atoms with Gasteiger partial charge in [0.05, 0.1) is 0 Å². The van der Waals surface area contributed by atoms with Crippen molar-refractivity contribution < 1.29 is 9.59 Å². The molecule has 2 heterocycles. The Kier molecular flexibility index (Phi) is 5.00. The zero-order valence-corrected chi connectivity index (χ0v) is 18.2. The second-order valence-corrected chi connectivity index (χ2v) is 9.26. The number of carbonyl (C=O) groups excluding carboxylic acids is 2. The van der Waals surface area contributed by atoms with Gasteiger partial charge in [-0.1, -0.05) is 27.2 Å². The number of hydrogen-bond donors (Lipinski definition) is 1. The van der Waals surface area contributed by atoms with E-state index in [-0.39, 0.29) is 17.0 Å². The van der Waals surface area contributed by atoms with Crippen LogP contribution in [-0.2, 0) is 6.42 Å². The van der Waals surface area contributed by atoms with Crippen LogP contribution in [0.3, 0.4) is 0 Å². The first-order valence-electron chi connectivity index (χ1n) is 10.7. The highest BCUT2D eigenvalue weighted by atomic mass is 16.1. The Bertz CT molecular complexity index is 1170. The zero-order chi connectivity index (χ0) is 21.6. The van der Waals surface area contributed by atoms with E-state index in [1.54, 1.807) is 6.20 Å². The van der Waals surface area contributed by atoms with Crippen LogP contribution in [0.15, 0.2) is 30.6 Å². The van der Waals surface area contributed by atoms with Gasteiger partial charge in [0.1, 0.15) is 5.82 Å². The molecule has 156 valence electrons. The van der Waals surface area contributed by atoms with Gasteiger partial charge in [-0.2, -0.15) is 0 Å². The Labute approximate surface area is 177 Å². The third kappa shape index (κ3) is 3.42. The molecule has 2 N–H and O–H groups in total. The lowest BCUT2D eigenvalue weighted by molar-refractivity contribution is 0.0909. The van der Waals surface area contributed by atoms with Crippen LogP contribution in [0, 0.1) is 12.3 Å². The molecule has 0 bridgehead atoms. The quantitative estimate of drug-likeness (QED) is 0.575. The molecule has 0 saturated carbocycles. The maximum atomic E-state index is 12.8. The van der Waals surface area contributed by atoms with E-state index in [2.05, 4.69) is 30.3 Å². The molecule has 30 heavy (non-hydrogen) atoms. The van der Waals surface area contributed by atoms with Crippen LogP contribution in [0.4, 0.5) is 5.82 Å². The minimum absolute atomic E-state index is 0.0703. The second-order valence-electron chi connectivity index (χ2n) is 9.26. The van der Waals surface area contributed by atoms with Crippen molar-refractivity contribution in [3.8, 4) is 5.69 Å². The van der Waals surface area contributed by atoms with Crippen LogP contribution >= 0.6 is 0 Å². The zero-order valence-electron chi connectivity index (χ0n) is 18.2. The summed E-state index contributed by atoms with van der Waals surface area (Å²) in [4.78, 5) is 29.8. The fraction of sp³-hybridized carbons (Fsp3) is 0.400. The van der Waals surface area contributed by atoms with Crippen molar-refractivity contribution in [2.75, 3.05) is 5.73 Å². The summed E-state index contributed by atoms with van der Waals surface area (Å²) in [6.45, 7) is 8.34. The van der Waals surface area contributed by atoms with Crippen molar-refractivity contribution in [3.05, 3.63) is 53.0 Å². The SMILES string of the molecule is CCCCC(=O)c1cnc(N)c2ccc(-n3cc(C)c4c3CC(C)(C)CC4=O)cc12. The number of fused-ring (bicyclic) bond motifs is 2. The van der Waals surface area contributed by atoms with Gasteiger partial charge in [-0.05, 0) is 54.3 Å². The summed E-state index contributed by atoms with van der Waals surface area (Å²) in [6, 6.07) is 5.94. The van der Waals surface area contributed by atoms with Gasteiger partial charge in [-0.3, -0.25) is 9.59 Å². The maximum absolute atomic E-state index is 12.8. The van der Waals surface area contributed by atoms with E-state index in [1.807, 2.05) is 31.3 Å². The third-order valence-electron chi connectivity index (χ3n) is 6.10. The lowest BCUT2D eigenvalue weighted by atomic mass is 9.75. The van der Waals surface area contributed by atoms with Gasteiger partial charge in [0.2, 0.25) is 0 Å². The molecule has 0 saturated heterocycles. The number of aromatic nitrogens is 2. The summed E-state index contributed by atoms with van der Waals surface area (Å²) >= 11 is 0. The first kappa shape index (κ1) is 20.3. The summed E-state index contributed by atoms with van der Waals surface area (Å²) in [6.07, 6.45) is 7.36. The van der Waals surface area contributed by atoms with Gasteiger partial charge in [0.25, 0.3) is 0 Å². The number of nitrogens with zero attached hydrogens (tertiary/aromatic N) is 2. The van der Waals surface area contributed by atoms with Crippen molar-refractivity contribution >= 4 is 28.2 Å². The number of nitrogen functional groups attached to an aromatic ring is 1. The highest BCUT2D eigenvalue weighted by molar-refractivity contribution is 6.10. The van der Waals surface area contributed by atoms with Crippen LogP contribution in [0.2, 0.25) is 0 Å². The van der Waals surface area contributed by atoms with Crippen LogP contribution < -0.4 is 5.73 Å². The predicted octanol–water partition coefficient (Wildman–Crippen LogP) is 5.44. The van der Waals surface area contributed by atoms with Crippen molar-refractivity contribution in [2.45, 2.75) is 59.8 Å². The van der Waals surface area contributed by atoms with Gasteiger partial charge >= 0.3 is 0 Å². The van der Waals surface area contributed by atoms with Crippen molar-refractivity contribution in [1.29, 1.82) is 0 Å². The van der Waals surface area contributed by atoms with Crippen LogP contribution in [0.1, 0.15) is 78.4 Å². The number of ketones is 2. The first-order valence-corrected chi connectivity index (χ1v) is 10.7. The number of pyridine rings is 1. The lowest BCUT2D eigenvalue weighted by Gasteiger charge is -2.30. The number of benzene rings is 1. The van der Waals surface area contributed by atoms with E-state index in [0.29, 0.717) is 24.2 Å². The molecule has 5 nitrogen and oxygen atoms in total. The molecule has 1 aliphatic carbocycles. The van der Waals surface area contributed by atoms with E-state index >= 15 is 0 Å². The Morgan fingerprint density at radius 1 is 1.23 bits per heavy atom. The molecule has 4 rings (SSSR count).